The number of rotatable bonds is 9. The Kier molecular flexibility index (Phi) is 9.47. The SMILES string of the molecule is CCCc1nn(-c2[c-]c(Oc3[c-]c4c(cc3)c3ccccc3n4-c3cc(C)ccn3)ccc2)c(CCC)c1-c1c(C)cccc1C.[Pt+2]. The Morgan fingerprint density at radius 1 is 0.723 bits per heavy atom. The molecule has 0 amide bonds. The molecule has 238 valence electrons. The van der Waals surface area contributed by atoms with Gasteiger partial charge in [0.1, 0.15) is 5.82 Å². The van der Waals surface area contributed by atoms with Gasteiger partial charge in [-0.25, -0.2) is 4.98 Å². The quantitative estimate of drug-likeness (QED) is 0.137. The maximum atomic E-state index is 6.48. The van der Waals surface area contributed by atoms with E-state index in [-0.39, 0.29) is 21.1 Å². The minimum absolute atomic E-state index is 0. The molecule has 0 bridgehead atoms. The molecule has 47 heavy (non-hydrogen) atoms. The molecular weight excluding hydrogens is 760 g/mol. The summed E-state index contributed by atoms with van der Waals surface area (Å²) in [4.78, 5) is 4.71. The van der Waals surface area contributed by atoms with Crippen LogP contribution < -0.4 is 4.74 Å². The fourth-order valence-corrected chi connectivity index (χ4v) is 6.63. The van der Waals surface area contributed by atoms with Gasteiger partial charge in [0.2, 0.25) is 0 Å². The van der Waals surface area contributed by atoms with Gasteiger partial charge in [0.05, 0.1) is 5.69 Å². The van der Waals surface area contributed by atoms with Crippen molar-refractivity contribution < 1.29 is 25.8 Å². The first kappa shape index (κ1) is 32.5. The summed E-state index contributed by atoms with van der Waals surface area (Å²) in [7, 11) is 0. The predicted molar refractivity (Wildman–Crippen MR) is 188 cm³/mol. The molecule has 0 spiro atoms. The van der Waals surface area contributed by atoms with Crippen LogP contribution in [0.1, 0.15) is 54.8 Å². The molecule has 5 nitrogen and oxygen atoms in total. The van der Waals surface area contributed by atoms with E-state index in [1.807, 2.05) is 30.5 Å². The predicted octanol–water partition coefficient (Wildman–Crippen LogP) is 10.3. The zero-order chi connectivity index (χ0) is 31.8. The van der Waals surface area contributed by atoms with Crippen LogP contribution in [-0.2, 0) is 33.9 Å². The number of aryl methyl sites for hydroxylation is 4. The van der Waals surface area contributed by atoms with Gasteiger partial charge in [-0.1, -0.05) is 68.6 Å². The summed E-state index contributed by atoms with van der Waals surface area (Å²) in [6.45, 7) is 10.9. The van der Waals surface area contributed by atoms with Gasteiger partial charge >= 0.3 is 21.1 Å². The van der Waals surface area contributed by atoms with Gasteiger partial charge < -0.3 is 9.30 Å². The van der Waals surface area contributed by atoms with Crippen molar-refractivity contribution in [1.29, 1.82) is 0 Å². The number of ether oxygens (including phenoxy) is 1. The van der Waals surface area contributed by atoms with E-state index in [1.54, 1.807) is 0 Å². The van der Waals surface area contributed by atoms with Crippen LogP contribution in [-0.4, -0.2) is 19.3 Å². The van der Waals surface area contributed by atoms with Crippen molar-refractivity contribution in [1.82, 2.24) is 19.3 Å². The smallest absolute Gasteiger partial charge is 0.509 e. The van der Waals surface area contributed by atoms with E-state index in [9.17, 15) is 0 Å². The first-order valence-electron chi connectivity index (χ1n) is 16.2. The van der Waals surface area contributed by atoms with Gasteiger partial charge in [0.25, 0.3) is 0 Å². The molecule has 0 unspecified atom stereocenters. The molecule has 0 saturated heterocycles. The van der Waals surface area contributed by atoms with Crippen LogP contribution in [0, 0.1) is 32.9 Å². The normalized spacial score (nSPS) is 11.3. The first-order valence-corrected chi connectivity index (χ1v) is 16.2. The summed E-state index contributed by atoms with van der Waals surface area (Å²) in [5.41, 5.74) is 11.5. The van der Waals surface area contributed by atoms with Gasteiger partial charge in [-0.3, -0.25) is 4.68 Å². The van der Waals surface area contributed by atoms with E-state index < -0.39 is 0 Å². The third-order valence-electron chi connectivity index (χ3n) is 8.65. The van der Waals surface area contributed by atoms with Gasteiger partial charge in [0.15, 0.2) is 0 Å². The Morgan fingerprint density at radius 3 is 2.23 bits per heavy atom. The van der Waals surface area contributed by atoms with Crippen LogP contribution in [0.4, 0.5) is 0 Å². The molecule has 7 aromatic rings. The van der Waals surface area contributed by atoms with Gasteiger partial charge in [-0.05, 0) is 85.1 Å². The van der Waals surface area contributed by atoms with Crippen molar-refractivity contribution in [3.63, 3.8) is 0 Å². The number of para-hydroxylation sites is 1. The molecule has 0 radical (unpaired) electrons. The molecule has 3 aromatic heterocycles. The average Bonchev–Trinajstić information content (AvgIpc) is 3.57. The number of benzene rings is 4. The molecule has 4 aromatic carbocycles. The number of pyridine rings is 1. The van der Waals surface area contributed by atoms with E-state index >= 15 is 0 Å². The van der Waals surface area contributed by atoms with Gasteiger partial charge in [-0.2, -0.15) is 17.2 Å². The second-order valence-corrected chi connectivity index (χ2v) is 12.1. The summed E-state index contributed by atoms with van der Waals surface area (Å²) in [5, 5.41) is 7.48. The summed E-state index contributed by atoms with van der Waals surface area (Å²) >= 11 is 0. The van der Waals surface area contributed by atoms with Crippen LogP contribution in [0.5, 0.6) is 11.5 Å². The number of nitrogens with zero attached hydrogens (tertiary/aromatic N) is 4. The Hall–Kier alpha value is -4.47. The molecule has 3 heterocycles. The van der Waals surface area contributed by atoms with E-state index in [0.29, 0.717) is 11.5 Å². The summed E-state index contributed by atoms with van der Waals surface area (Å²) in [6.07, 6.45) is 5.74. The van der Waals surface area contributed by atoms with Crippen LogP contribution in [0.15, 0.2) is 91.1 Å². The van der Waals surface area contributed by atoms with Crippen molar-refractivity contribution in [2.75, 3.05) is 0 Å². The van der Waals surface area contributed by atoms with Crippen molar-refractivity contribution in [2.45, 2.75) is 60.3 Å². The maximum Gasteiger partial charge on any atom is 2.00 e. The third-order valence-corrected chi connectivity index (χ3v) is 8.65. The van der Waals surface area contributed by atoms with E-state index in [1.165, 1.54) is 27.9 Å². The Labute approximate surface area is 291 Å². The van der Waals surface area contributed by atoms with Crippen molar-refractivity contribution in [2.24, 2.45) is 0 Å². The topological polar surface area (TPSA) is 44.9 Å². The zero-order valence-corrected chi connectivity index (χ0v) is 29.8. The van der Waals surface area contributed by atoms with Crippen molar-refractivity contribution >= 4 is 21.8 Å². The number of hydrogen-bond donors (Lipinski definition) is 0. The van der Waals surface area contributed by atoms with Crippen molar-refractivity contribution in [3.8, 4) is 34.1 Å². The van der Waals surface area contributed by atoms with E-state index in [2.05, 4.69) is 117 Å². The van der Waals surface area contributed by atoms with Gasteiger partial charge in [-0.15, -0.1) is 35.7 Å². The van der Waals surface area contributed by atoms with Crippen LogP contribution in [0.2, 0.25) is 0 Å². The largest absolute Gasteiger partial charge is 2.00 e. The Bertz CT molecular complexity index is 2190. The second kappa shape index (κ2) is 13.7. The van der Waals surface area contributed by atoms with Crippen LogP contribution in [0.25, 0.3) is 44.4 Å². The maximum absolute atomic E-state index is 6.48. The zero-order valence-electron chi connectivity index (χ0n) is 27.5. The number of hydrogen-bond acceptors (Lipinski definition) is 3. The first-order chi connectivity index (χ1) is 22.5. The molecule has 7 rings (SSSR count). The molecule has 0 saturated carbocycles. The molecule has 0 N–H and O–H groups in total. The Balaban J connectivity index is 0.00000386. The van der Waals surface area contributed by atoms with Crippen LogP contribution in [0.3, 0.4) is 0 Å². The molecule has 0 atom stereocenters. The summed E-state index contributed by atoms with van der Waals surface area (Å²) in [6, 6.07) is 36.3. The minimum atomic E-state index is 0. The second-order valence-electron chi connectivity index (χ2n) is 12.1. The van der Waals surface area contributed by atoms with Crippen LogP contribution >= 0.6 is 0 Å². The summed E-state index contributed by atoms with van der Waals surface area (Å²) in [5.74, 6) is 2.10. The molecule has 0 aliphatic heterocycles. The third kappa shape index (κ3) is 6.05. The Morgan fingerprint density at radius 2 is 1.47 bits per heavy atom. The molecule has 0 aliphatic rings. The van der Waals surface area contributed by atoms with Gasteiger partial charge in [0, 0.05) is 34.5 Å². The van der Waals surface area contributed by atoms with E-state index in [0.717, 1.165) is 70.3 Å². The van der Waals surface area contributed by atoms with Crippen molar-refractivity contribution in [3.05, 3.63) is 131 Å². The average molecular weight is 798 g/mol. The molecule has 6 heteroatoms. The minimum Gasteiger partial charge on any atom is -0.509 e. The summed E-state index contributed by atoms with van der Waals surface area (Å²) < 4.78 is 10.7. The fraction of sp³-hybridized carbons (Fsp3) is 0.220. The number of aromatic nitrogens is 4. The molecular formula is C41H38N4OPt. The molecule has 0 aliphatic carbocycles. The monoisotopic (exact) mass is 797 g/mol. The number of fused-ring (bicyclic) bond motifs is 3. The van der Waals surface area contributed by atoms with E-state index in [4.69, 9.17) is 14.8 Å². The fourth-order valence-electron chi connectivity index (χ4n) is 6.63. The molecule has 0 fully saturated rings. The standard InChI is InChI=1S/C41H38N4O.Pt/c1-6-12-35-41(40-28(4)14-10-15-29(40)5)37(13-7-2)45(43-35)30-16-11-17-31(25-30)46-32-20-21-34-33-18-8-9-19-36(33)44(38(34)26-32)39-24-27(3)22-23-42-39;/h8-11,14-24H,6-7,12-13H2,1-5H3;/q-2;+2.